The third-order valence-corrected chi connectivity index (χ3v) is 7.10. The Hall–Kier alpha value is -3.15. The van der Waals surface area contributed by atoms with Crippen LogP contribution in [0, 0.1) is 0 Å². The van der Waals surface area contributed by atoms with E-state index in [1.54, 1.807) is 24.3 Å². The van der Waals surface area contributed by atoms with Crippen LogP contribution >= 0.6 is 0 Å². The highest BCUT2D eigenvalue weighted by Gasteiger charge is 2.52. The van der Waals surface area contributed by atoms with Crippen molar-refractivity contribution in [3.63, 3.8) is 0 Å². The molecule has 14 nitrogen and oxygen atoms in total. The predicted molar refractivity (Wildman–Crippen MR) is 145 cm³/mol. The fourth-order valence-electron chi connectivity index (χ4n) is 4.69. The van der Waals surface area contributed by atoms with Gasteiger partial charge in [-0.15, -0.1) is 0 Å². The zero-order chi connectivity index (χ0) is 31.1. The summed E-state index contributed by atoms with van der Waals surface area (Å²) in [5.74, 6) is -0.790. The van der Waals surface area contributed by atoms with Gasteiger partial charge in [-0.2, -0.15) is 0 Å². The van der Waals surface area contributed by atoms with Gasteiger partial charge in [0.1, 0.15) is 54.2 Å². The fraction of sp³-hybridized carbons (Fsp3) is 0.483. The Kier molecular flexibility index (Phi) is 11.5. The Morgan fingerprint density at radius 2 is 1.35 bits per heavy atom. The number of ether oxygens (including phenoxy) is 5. The van der Waals surface area contributed by atoms with Gasteiger partial charge in [0.2, 0.25) is 0 Å². The molecule has 4 rings (SSSR count). The summed E-state index contributed by atoms with van der Waals surface area (Å²) < 4.78 is 28.2. The van der Waals surface area contributed by atoms with E-state index in [-0.39, 0.29) is 18.1 Å². The number of carbonyl (C=O) groups is 1. The van der Waals surface area contributed by atoms with Crippen molar-refractivity contribution in [3.8, 4) is 11.5 Å². The summed E-state index contributed by atoms with van der Waals surface area (Å²) in [4.78, 5) is 12.8. The molecule has 2 aliphatic heterocycles. The molecule has 2 saturated heterocycles. The minimum atomic E-state index is -1.83. The lowest BCUT2D eigenvalue weighted by Gasteiger charge is -2.46. The second-order valence-corrected chi connectivity index (χ2v) is 10.1. The molecule has 2 aromatic carbocycles. The zero-order valence-corrected chi connectivity index (χ0v) is 22.9. The number of aromatic hydroxyl groups is 2. The van der Waals surface area contributed by atoms with Crippen LogP contribution in [0.5, 0.6) is 11.5 Å². The maximum atomic E-state index is 12.8. The first-order chi connectivity index (χ1) is 20.6. The Balaban J connectivity index is 1.52. The summed E-state index contributed by atoms with van der Waals surface area (Å²) in [5.41, 5.74) is 1.37. The fourth-order valence-corrected chi connectivity index (χ4v) is 4.69. The lowest BCUT2D eigenvalue weighted by molar-refractivity contribution is -0.360. The number of esters is 1. The molecular formula is C29H36O14. The van der Waals surface area contributed by atoms with Gasteiger partial charge >= 0.3 is 5.97 Å². The highest BCUT2D eigenvalue weighted by molar-refractivity contribution is 5.87. The van der Waals surface area contributed by atoms with Crippen LogP contribution in [0.2, 0.25) is 0 Å². The van der Waals surface area contributed by atoms with Crippen LogP contribution in [-0.4, -0.2) is 128 Å². The van der Waals surface area contributed by atoms with Crippen LogP contribution in [-0.2, 0) is 34.9 Å². The molecule has 2 aromatic rings. The molecule has 0 amide bonds. The third-order valence-electron chi connectivity index (χ3n) is 7.10. The van der Waals surface area contributed by atoms with E-state index in [4.69, 9.17) is 23.7 Å². The van der Waals surface area contributed by atoms with E-state index < -0.39 is 80.6 Å². The highest BCUT2D eigenvalue weighted by atomic mass is 16.7. The van der Waals surface area contributed by atoms with Gasteiger partial charge in [0, 0.05) is 6.08 Å². The Morgan fingerprint density at radius 1 is 0.744 bits per heavy atom. The van der Waals surface area contributed by atoms with Crippen LogP contribution in [0.4, 0.5) is 0 Å². The number of aliphatic hydroxyl groups is 6. The van der Waals surface area contributed by atoms with Crippen molar-refractivity contribution >= 4 is 12.0 Å². The number of phenols is 2. The summed E-state index contributed by atoms with van der Waals surface area (Å²) in [5, 5.41) is 80.7. The number of hydrogen-bond donors (Lipinski definition) is 8. The van der Waals surface area contributed by atoms with Crippen LogP contribution in [0.3, 0.4) is 0 Å². The largest absolute Gasteiger partial charge is 0.508 e. The number of carbonyl (C=O) groups excluding carboxylic acids is 1. The smallest absolute Gasteiger partial charge is 0.331 e. The van der Waals surface area contributed by atoms with E-state index in [0.717, 1.165) is 11.6 Å². The van der Waals surface area contributed by atoms with Crippen molar-refractivity contribution in [2.75, 3.05) is 19.8 Å². The first kappa shape index (κ1) is 32.8. The molecule has 43 heavy (non-hydrogen) atoms. The SMILES string of the molecule is O=C(C=Cc1ccc(O)cc1)OC1C(CO)OC(OCCc2ccc(O)cc2)C(O)C1OC1OC(CO)C(O)C(O)C1O. The van der Waals surface area contributed by atoms with E-state index in [9.17, 15) is 45.6 Å². The molecule has 0 bridgehead atoms. The van der Waals surface area contributed by atoms with Crippen LogP contribution in [0.25, 0.3) is 6.08 Å². The summed E-state index contributed by atoms with van der Waals surface area (Å²) >= 11 is 0. The Labute approximate surface area is 246 Å². The van der Waals surface area contributed by atoms with Crippen LogP contribution in [0.1, 0.15) is 11.1 Å². The third kappa shape index (κ3) is 8.27. The molecule has 0 spiro atoms. The van der Waals surface area contributed by atoms with Crippen molar-refractivity contribution in [2.45, 2.75) is 67.8 Å². The Bertz CT molecular complexity index is 1190. The van der Waals surface area contributed by atoms with E-state index in [1.807, 2.05) is 0 Å². The molecule has 236 valence electrons. The standard InChI is InChI=1S/C29H36O14/c30-13-19-22(35)23(36)24(37)29(40-19)43-27-25(38)28(39-12-11-16-3-8-18(33)9-4-16)41-20(14-31)26(27)42-21(34)10-5-15-1-6-17(32)7-2-15/h1-10,19-20,22-33,35-38H,11-14H2. The minimum Gasteiger partial charge on any atom is -0.508 e. The lowest BCUT2D eigenvalue weighted by atomic mass is 9.96. The first-order valence-electron chi connectivity index (χ1n) is 13.6. The maximum Gasteiger partial charge on any atom is 0.331 e. The molecule has 0 saturated carbocycles. The van der Waals surface area contributed by atoms with E-state index >= 15 is 0 Å². The zero-order valence-electron chi connectivity index (χ0n) is 22.9. The minimum absolute atomic E-state index is 0.0250. The monoisotopic (exact) mass is 608 g/mol. The second-order valence-electron chi connectivity index (χ2n) is 10.1. The molecule has 0 aromatic heterocycles. The molecule has 8 N–H and O–H groups in total. The Morgan fingerprint density at radius 3 is 1.98 bits per heavy atom. The van der Waals surface area contributed by atoms with Crippen LogP contribution < -0.4 is 0 Å². The van der Waals surface area contributed by atoms with Gasteiger partial charge in [-0.05, 0) is 47.9 Å². The van der Waals surface area contributed by atoms with Gasteiger partial charge in [0.15, 0.2) is 18.7 Å². The van der Waals surface area contributed by atoms with E-state index in [0.29, 0.717) is 12.0 Å². The molecule has 2 fully saturated rings. The average Bonchev–Trinajstić information content (AvgIpc) is 3.00. The van der Waals surface area contributed by atoms with Gasteiger partial charge in [0.05, 0.1) is 19.8 Å². The molecule has 2 aliphatic rings. The molecular weight excluding hydrogens is 572 g/mol. The quantitative estimate of drug-likeness (QED) is 0.108. The predicted octanol–water partition coefficient (Wildman–Crippen LogP) is -1.45. The molecule has 0 radical (unpaired) electrons. The van der Waals surface area contributed by atoms with Crippen molar-refractivity contribution in [2.24, 2.45) is 0 Å². The number of hydrogen-bond acceptors (Lipinski definition) is 14. The number of rotatable bonds is 11. The summed E-state index contributed by atoms with van der Waals surface area (Å²) in [6.45, 7) is -1.42. The number of benzene rings is 2. The van der Waals surface area contributed by atoms with Crippen molar-refractivity contribution in [1.29, 1.82) is 0 Å². The lowest BCUT2D eigenvalue weighted by Crippen LogP contribution is -2.65. The second kappa shape index (κ2) is 15.0. The normalized spacial score (nSPS) is 33.0. The van der Waals surface area contributed by atoms with Crippen molar-refractivity contribution < 1.29 is 69.3 Å². The van der Waals surface area contributed by atoms with Crippen molar-refractivity contribution in [3.05, 3.63) is 65.7 Å². The number of phenolic OH excluding ortho intramolecular Hbond substituents is 2. The van der Waals surface area contributed by atoms with Gasteiger partial charge in [-0.3, -0.25) is 0 Å². The molecule has 10 atom stereocenters. The maximum absolute atomic E-state index is 12.8. The molecule has 10 unspecified atom stereocenters. The van der Waals surface area contributed by atoms with Crippen molar-refractivity contribution in [1.82, 2.24) is 0 Å². The summed E-state index contributed by atoms with van der Waals surface area (Å²) in [6, 6.07) is 12.3. The summed E-state index contributed by atoms with van der Waals surface area (Å²) in [7, 11) is 0. The first-order valence-corrected chi connectivity index (χ1v) is 13.6. The van der Waals surface area contributed by atoms with Gasteiger partial charge in [-0.25, -0.2) is 4.79 Å². The van der Waals surface area contributed by atoms with Crippen LogP contribution in [0.15, 0.2) is 54.6 Å². The van der Waals surface area contributed by atoms with E-state index in [2.05, 4.69) is 0 Å². The van der Waals surface area contributed by atoms with E-state index in [1.165, 1.54) is 30.3 Å². The molecule has 14 heteroatoms. The molecule has 0 aliphatic carbocycles. The number of aliphatic hydroxyl groups excluding tert-OH is 6. The average molecular weight is 609 g/mol. The van der Waals surface area contributed by atoms with Gasteiger partial charge in [-0.1, -0.05) is 24.3 Å². The van der Waals surface area contributed by atoms with Gasteiger partial charge < -0.3 is 64.5 Å². The van der Waals surface area contributed by atoms with Gasteiger partial charge in [0.25, 0.3) is 0 Å². The molecule has 2 heterocycles. The topological polar surface area (TPSA) is 225 Å². The summed E-state index contributed by atoms with van der Waals surface area (Å²) in [6.07, 6.45) is -12.9. The highest BCUT2D eigenvalue weighted by Crippen LogP contribution is 2.31.